The van der Waals surface area contributed by atoms with Crippen LogP contribution in [-0.2, 0) is 5.41 Å². The molecule has 8 rings (SSSR count). The van der Waals surface area contributed by atoms with Crippen molar-refractivity contribution in [2.24, 2.45) is 0 Å². The monoisotopic (exact) mass is 835 g/mol. The topological polar surface area (TPSA) is 50.9 Å². The summed E-state index contributed by atoms with van der Waals surface area (Å²) in [6.07, 6.45) is 1.86. The molecule has 6 aromatic carbocycles. The van der Waals surface area contributed by atoms with E-state index in [1.165, 1.54) is 0 Å². The first kappa shape index (κ1) is 37.3. The van der Waals surface area contributed by atoms with Crippen molar-refractivity contribution >= 4 is 11.0 Å². The van der Waals surface area contributed by atoms with E-state index in [9.17, 15) is 5.11 Å². The number of aryl methyl sites for hydroxylation is 1. The third-order valence-corrected chi connectivity index (χ3v) is 12.3. The molecule has 1 N–H and O–H groups in total. The molecule has 0 aliphatic heterocycles. The van der Waals surface area contributed by atoms with Gasteiger partial charge in [0.05, 0.1) is 28.0 Å². The number of fused-ring (bicyclic) bond motifs is 1. The Morgan fingerprint density at radius 3 is 1.94 bits per heavy atom. The summed E-state index contributed by atoms with van der Waals surface area (Å²) in [4.78, 5) is 10.4. The molecule has 0 atom stereocenters. The average Bonchev–Trinajstić information content (AvgIpc) is 3.67. The normalized spacial score (nSPS) is 13.8. The number of aromatic hydroxyl groups is 1. The maximum absolute atomic E-state index is 12.3. The molecule has 0 amide bonds. The standard InChI is InChI=1S/C59H63N3O/c1-35(2)43-26-44(36(3)4)28-46(27-43)41-21-22-54(39(9)25-41)62-55-20-16-19-50(56(55)61-58(62)52-33-45(37(5)6)32-51(38(7)8)57(52)63)47-29-48(31-49(30-47)59(10,11)12)53-34-42(23-24-60-53)40-17-14-13-15-18-40/h13-38,63H,1-12H3/i9D3,35D,36D. The molecule has 0 radical (unpaired) electrons. The van der Waals surface area contributed by atoms with Gasteiger partial charge in [-0.25, -0.2) is 4.98 Å². The lowest BCUT2D eigenvalue weighted by molar-refractivity contribution is 0.466. The van der Waals surface area contributed by atoms with Gasteiger partial charge in [-0.3, -0.25) is 9.55 Å². The first-order valence-electron chi connectivity index (χ1n) is 24.7. The minimum atomic E-state index is -2.58. The number of aromatic nitrogens is 3. The Labute approximate surface area is 382 Å². The van der Waals surface area contributed by atoms with Crippen molar-refractivity contribution in [1.29, 1.82) is 0 Å². The van der Waals surface area contributed by atoms with Gasteiger partial charge < -0.3 is 5.11 Å². The highest BCUT2D eigenvalue weighted by Gasteiger charge is 2.25. The van der Waals surface area contributed by atoms with E-state index in [2.05, 4.69) is 97.0 Å². The van der Waals surface area contributed by atoms with Crippen LogP contribution in [0.15, 0.2) is 134 Å². The summed E-state index contributed by atoms with van der Waals surface area (Å²) in [7, 11) is 0. The van der Waals surface area contributed by atoms with E-state index in [1.807, 2.05) is 111 Å². The fourth-order valence-electron chi connectivity index (χ4n) is 8.43. The van der Waals surface area contributed by atoms with E-state index in [1.54, 1.807) is 6.07 Å². The molecule has 2 aromatic heterocycles. The first-order valence-corrected chi connectivity index (χ1v) is 22.2. The summed E-state index contributed by atoms with van der Waals surface area (Å²) in [6.45, 7) is 19.7. The lowest BCUT2D eigenvalue weighted by atomic mass is 9.83. The van der Waals surface area contributed by atoms with E-state index in [0.29, 0.717) is 33.7 Å². The Morgan fingerprint density at radius 1 is 0.587 bits per heavy atom. The summed E-state index contributed by atoms with van der Waals surface area (Å²) in [5.41, 5.74) is 13.7. The molecule has 0 unspecified atom stereocenters. The minimum Gasteiger partial charge on any atom is -0.507 e. The predicted octanol–water partition coefficient (Wildman–Crippen LogP) is 16.6. The zero-order valence-corrected chi connectivity index (χ0v) is 38.6. The largest absolute Gasteiger partial charge is 0.507 e. The molecule has 63 heavy (non-hydrogen) atoms. The third-order valence-electron chi connectivity index (χ3n) is 12.3. The second-order valence-corrected chi connectivity index (χ2v) is 19.1. The van der Waals surface area contributed by atoms with Crippen LogP contribution >= 0.6 is 0 Å². The van der Waals surface area contributed by atoms with E-state index >= 15 is 0 Å². The molecule has 0 bridgehead atoms. The van der Waals surface area contributed by atoms with Crippen molar-refractivity contribution in [2.75, 3.05) is 0 Å². The van der Waals surface area contributed by atoms with Gasteiger partial charge in [0.2, 0.25) is 0 Å². The Kier molecular flexibility index (Phi) is 10.1. The second-order valence-electron chi connectivity index (χ2n) is 19.1. The van der Waals surface area contributed by atoms with Gasteiger partial charge in [-0.2, -0.15) is 0 Å². The maximum atomic E-state index is 12.3. The molecule has 2 heterocycles. The van der Waals surface area contributed by atoms with Crippen molar-refractivity contribution in [1.82, 2.24) is 14.5 Å². The van der Waals surface area contributed by atoms with Gasteiger partial charge >= 0.3 is 0 Å². The predicted molar refractivity (Wildman–Crippen MR) is 268 cm³/mol. The molecule has 4 heteroatoms. The highest BCUT2D eigenvalue weighted by Crippen LogP contribution is 2.44. The molecule has 0 saturated heterocycles. The van der Waals surface area contributed by atoms with Gasteiger partial charge in [0, 0.05) is 24.2 Å². The van der Waals surface area contributed by atoms with Crippen LogP contribution in [0.2, 0.25) is 0 Å². The van der Waals surface area contributed by atoms with Gasteiger partial charge in [0.1, 0.15) is 11.6 Å². The van der Waals surface area contributed by atoms with Gasteiger partial charge in [0.25, 0.3) is 0 Å². The fourth-order valence-corrected chi connectivity index (χ4v) is 8.43. The number of pyridine rings is 1. The highest BCUT2D eigenvalue weighted by atomic mass is 16.3. The summed E-state index contributed by atoms with van der Waals surface area (Å²) in [6, 6.07) is 42.4. The quantitative estimate of drug-likeness (QED) is 0.149. The summed E-state index contributed by atoms with van der Waals surface area (Å²) in [5.74, 6) is -1.25. The molecule has 0 aliphatic carbocycles. The Bertz CT molecular complexity index is 3150. The number of rotatable bonds is 10. The smallest absolute Gasteiger partial charge is 0.149 e. The van der Waals surface area contributed by atoms with Crippen LogP contribution in [0.25, 0.3) is 72.7 Å². The molecule has 0 spiro atoms. The highest BCUT2D eigenvalue weighted by molar-refractivity contribution is 5.97. The van der Waals surface area contributed by atoms with Crippen LogP contribution in [0.1, 0.15) is 140 Å². The Balaban J connectivity index is 1.44. The third kappa shape index (κ3) is 8.61. The van der Waals surface area contributed by atoms with Crippen molar-refractivity contribution in [2.45, 2.75) is 112 Å². The lowest BCUT2D eigenvalue weighted by Crippen LogP contribution is -2.11. The Hall–Kier alpha value is -6.26. The second kappa shape index (κ2) is 17.1. The van der Waals surface area contributed by atoms with Crippen molar-refractivity contribution < 1.29 is 12.0 Å². The van der Waals surface area contributed by atoms with E-state index in [0.717, 1.165) is 66.9 Å². The van der Waals surface area contributed by atoms with Gasteiger partial charge in [-0.15, -0.1) is 0 Å². The number of hydrogen-bond acceptors (Lipinski definition) is 3. The van der Waals surface area contributed by atoms with Crippen LogP contribution in [0.3, 0.4) is 0 Å². The molecule has 4 nitrogen and oxygen atoms in total. The molecular formula is C59H63N3O. The molecule has 0 fully saturated rings. The van der Waals surface area contributed by atoms with E-state index in [-0.39, 0.29) is 28.6 Å². The van der Waals surface area contributed by atoms with E-state index < -0.39 is 18.6 Å². The number of phenolic OH excluding ortho intramolecular Hbond substituents is 1. The number of hydrogen-bond donors (Lipinski definition) is 1. The van der Waals surface area contributed by atoms with Crippen LogP contribution in [-0.4, -0.2) is 19.6 Å². The molecule has 0 saturated carbocycles. The number of nitrogens with zero attached hydrogens (tertiary/aromatic N) is 3. The van der Waals surface area contributed by atoms with Gasteiger partial charge in [-0.1, -0.05) is 155 Å². The van der Waals surface area contributed by atoms with Crippen LogP contribution < -0.4 is 0 Å². The zero-order chi connectivity index (χ0) is 49.2. The number of benzene rings is 6. The van der Waals surface area contributed by atoms with Crippen LogP contribution in [0, 0.1) is 6.85 Å². The first-order chi connectivity index (χ1) is 31.8. The maximum Gasteiger partial charge on any atom is 0.149 e. The molecule has 0 aliphatic rings. The minimum absolute atomic E-state index is 0.00586. The zero-order valence-electron chi connectivity index (χ0n) is 43.6. The Morgan fingerprint density at radius 2 is 1.29 bits per heavy atom. The summed E-state index contributed by atoms with van der Waals surface area (Å²) in [5, 5.41) is 12.3. The molecule has 320 valence electrons. The fraction of sp³-hybridized carbons (Fsp3) is 0.288. The molecule has 8 aromatic rings. The van der Waals surface area contributed by atoms with Crippen molar-refractivity contribution in [3.8, 4) is 67.5 Å². The average molecular weight is 835 g/mol. The van der Waals surface area contributed by atoms with Crippen molar-refractivity contribution in [3.05, 3.63) is 167 Å². The summed E-state index contributed by atoms with van der Waals surface area (Å²) < 4.78 is 47.0. The van der Waals surface area contributed by atoms with Gasteiger partial charge in [0.15, 0.2) is 0 Å². The van der Waals surface area contributed by atoms with Crippen LogP contribution in [0.5, 0.6) is 5.75 Å². The van der Waals surface area contributed by atoms with Crippen molar-refractivity contribution in [3.63, 3.8) is 0 Å². The number of imidazole rings is 1. The van der Waals surface area contributed by atoms with E-state index in [4.69, 9.17) is 16.8 Å². The SMILES string of the molecule is [2H]C([2H])([2H])c1cc(-c2cc(C([2H])(C)C)cc(C([2H])(C)C)c2)ccc1-n1c(-c2cc(C(C)C)cc(C(C)C)c2O)nc2c(-c3cc(-c4cc(-c5ccccc5)ccn4)cc(C(C)(C)C)c3)cccc21. The van der Waals surface area contributed by atoms with Gasteiger partial charge in [-0.05, 0) is 146 Å². The summed E-state index contributed by atoms with van der Waals surface area (Å²) >= 11 is 0. The number of phenols is 1. The number of para-hydroxylation sites is 1. The molecular weight excluding hydrogens is 767 g/mol. The van der Waals surface area contributed by atoms with Crippen LogP contribution in [0.4, 0.5) is 0 Å². The lowest BCUT2D eigenvalue weighted by Gasteiger charge is -2.22.